The summed E-state index contributed by atoms with van der Waals surface area (Å²) in [5, 5.41) is 3.38. The van der Waals surface area contributed by atoms with Crippen LogP contribution in [0.2, 0.25) is 0 Å². The molecule has 0 saturated carbocycles. The number of rotatable bonds is 5. The van der Waals surface area contributed by atoms with Gasteiger partial charge in [0.2, 0.25) is 0 Å². The summed E-state index contributed by atoms with van der Waals surface area (Å²) in [4.78, 5) is 1.20. The maximum Gasteiger partial charge on any atom is 0.165 e. The first-order valence-electron chi connectivity index (χ1n) is 6.38. The molecule has 0 aliphatic heterocycles. The Kier molecular flexibility index (Phi) is 4.90. The van der Waals surface area contributed by atoms with Gasteiger partial charge in [-0.2, -0.15) is 0 Å². The molecule has 0 fully saturated rings. The predicted molar refractivity (Wildman–Crippen MR) is 83.2 cm³/mol. The average Bonchev–Trinajstić information content (AvgIpc) is 2.47. The maximum absolute atomic E-state index is 13.7. The highest BCUT2D eigenvalue weighted by molar-refractivity contribution is 7.98. The normalized spacial score (nSPS) is 12.0. The van der Waals surface area contributed by atoms with Crippen molar-refractivity contribution in [2.24, 2.45) is 0 Å². The molecule has 0 radical (unpaired) electrons. The second-order valence-electron chi connectivity index (χ2n) is 4.49. The van der Waals surface area contributed by atoms with Crippen molar-refractivity contribution in [3.8, 4) is 5.75 Å². The Labute approximate surface area is 123 Å². The minimum Gasteiger partial charge on any atom is -0.494 e. The number of anilines is 1. The van der Waals surface area contributed by atoms with E-state index in [2.05, 4.69) is 17.4 Å². The van der Waals surface area contributed by atoms with Gasteiger partial charge in [0.1, 0.15) is 0 Å². The van der Waals surface area contributed by atoms with Crippen molar-refractivity contribution < 1.29 is 9.13 Å². The average molecular weight is 291 g/mol. The number of hydrogen-bond donors (Lipinski definition) is 1. The molecule has 0 aliphatic carbocycles. The fourth-order valence-corrected chi connectivity index (χ4v) is 2.46. The SMILES string of the molecule is COc1ccc(C(C)Nc2cccc(SC)c2)cc1F. The highest BCUT2D eigenvalue weighted by atomic mass is 32.2. The van der Waals surface area contributed by atoms with E-state index in [0.717, 1.165) is 11.3 Å². The number of thioether (sulfide) groups is 1. The van der Waals surface area contributed by atoms with Gasteiger partial charge in [-0.25, -0.2) is 4.39 Å². The Morgan fingerprint density at radius 1 is 1.20 bits per heavy atom. The van der Waals surface area contributed by atoms with Crippen LogP contribution in [0.5, 0.6) is 5.75 Å². The summed E-state index contributed by atoms with van der Waals surface area (Å²) in [5.41, 5.74) is 1.92. The van der Waals surface area contributed by atoms with Crippen LogP contribution in [0, 0.1) is 5.82 Å². The summed E-state index contributed by atoms with van der Waals surface area (Å²) in [6, 6.07) is 13.2. The predicted octanol–water partition coefficient (Wildman–Crippen LogP) is 4.73. The van der Waals surface area contributed by atoms with Crippen molar-refractivity contribution in [1.82, 2.24) is 0 Å². The molecule has 2 aromatic carbocycles. The number of benzene rings is 2. The smallest absolute Gasteiger partial charge is 0.165 e. The molecule has 0 amide bonds. The van der Waals surface area contributed by atoms with Gasteiger partial charge in [-0.15, -0.1) is 11.8 Å². The van der Waals surface area contributed by atoms with Crippen LogP contribution in [-0.2, 0) is 0 Å². The zero-order valence-corrected chi connectivity index (χ0v) is 12.6. The molecular formula is C16H18FNOS. The van der Waals surface area contributed by atoms with E-state index in [9.17, 15) is 4.39 Å². The summed E-state index contributed by atoms with van der Waals surface area (Å²) >= 11 is 1.70. The van der Waals surface area contributed by atoms with Crippen LogP contribution in [-0.4, -0.2) is 13.4 Å². The molecule has 0 heterocycles. The topological polar surface area (TPSA) is 21.3 Å². The number of ether oxygens (including phenoxy) is 1. The summed E-state index contributed by atoms with van der Waals surface area (Å²) in [6.45, 7) is 2.01. The number of hydrogen-bond acceptors (Lipinski definition) is 3. The lowest BCUT2D eigenvalue weighted by molar-refractivity contribution is 0.386. The Morgan fingerprint density at radius 3 is 2.65 bits per heavy atom. The lowest BCUT2D eigenvalue weighted by Crippen LogP contribution is -2.07. The Balaban J connectivity index is 2.14. The molecule has 2 aromatic rings. The molecular weight excluding hydrogens is 273 g/mol. The molecule has 0 bridgehead atoms. The van der Waals surface area contributed by atoms with Gasteiger partial charge in [0, 0.05) is 16.6 Å². The van der Waals surface area contributed by atoms with Crippen molar-refractivity contribution in [3.05, 3.63) is 53.8 Å². The fourth-order valence-electron chi connectivity index (χ4n) is 2.00. The zero-order valence-electron chi connectivity index (χ0n) is 11.8. The van der Waals surface area contributed by atoms with E-state index in [1.165, 1.54) is 18.1 Å². The first kappa shape index (κ1) is 14.7. The van der Waals surface area contributed by atoms with Crippen molar-refractivity contribution in [2.45, 2.75) is 17.9 Å². The van der Waals surface area contributed by atoms with Crippen LogP contribution in [0.25, 0.3) is 0 Å². The molecule has 1 unspecified atom stereocenters. The first-order chi connectivity index (χ1) is 9.63. The van der Waals surface area contributed by atoms with Crippen LogP contribution in [0.1, 0.15) is 18.5 Å². The van der Waals surface area contributed by atoms with E-state index in [-0.39, 0.29) is 17.6 Å². The van der Waals surface area contributed by atoms with Crippen LogP contribution in [0.3, 0.4) is 0 Å². The third-order valence-electron chi connectivity index (χ3n) is 3.13. The highest BCUT2D eigenvalue weighted by Gasteiger charge is 2.09. The standard InChI is InChI=1S/C16H18FNOS/c1-11(12-7-8-16(19-2)15(17)9-12)18-13-5-4-6-14(10-13)20-3/h4-11,18H,1-3H3. The van der Waals surface area contributed by atoms with Crippen LogP contribution in [0.4, 0.5) is 10.1 Å². The molecule has 106 valence electrons. The summed E-state index contributed by atoms with van der Waals surface area (Å²) in [7, 11) is 1.47. The van der Waals surface area contributed by atoms with Crippen LogP contribution in [0.15, 0.2) is 47.4 Å². The van der Waals surface area contributed by atoms with Crippen molar-refractivity contribution in [2.75, 3.05) is 18.7 Å². The van der Waals surface area contributed by atoms with Crippen molar-refractivity contribution in [1.29, 1.82) is 0 Å². The highest BCUT2D eigenvalue weighted by Crippen LogP contribution is 2.26. The van der Waals surface area contributed by atoms with Gasteiger partial charge >= 0.3 is 0 Å². The molecule has 4 heteroatoms. The zero-order chi connectivity index (χ0) is 14.5. The quantitative estimate of drug-likeness (QED) is 0.805. The molecule has 2 nitrogen and oxygen atoms in total. The van der Waals surface area contributed by atoms with Gasteiger partial charge in [-0.05, 0) is 49.1 Å². The largest absolute Gasteiger partial charge is 0.494 e. The van der Waals surface area contributed by atoms with E-state index in [1.807, 2.05) is 31.4 Å². The van der Waals surface area contributed by atoms with Gasteiger partial charge in [0.25, 0.3) is 0 Å². The van der Waals surface area contributed by atoms with Crippen LogP contribution >= 0.6 is 11.8 Å². The lowest BCUT2D eigenvalue weighted by atomic mass is 10.1. The number of halogens is 1. The Morgan fingerprint density at radius 2 is 2.00 bits per heavy atom. The van der Waals surface area contributed by atoms with Gasteiger partial charge in [-0.3, -0.25) is 0 Å². The molecule has 0 aromatic heterocycles. The summed E-state index contributed by atoms with van der Waals surface area (Å²) in [5.74, 6) is -0.0677. The van der Waals surface area contributed by atoms with Gasteiger partial charge < -0.3 is 10.1 Å². The third kappa shape index (κ3) is 3.45. The maximum atomic E-state index is 13.7. The monoisotopic (exact) mass is 291 g/mol. The second kappa shape index (κ2) is 6.66. The molecule has 0 saturated heterocycles. The Bertz CT molecular complexity index is 588. The number of nitrogens with one attached hydrogen (secondary N) is 1. The van der Waals surface area contributed by atoms with Crippen molar-refractivity contribution >= 4 is 17.4 Å². The summed E-state index contributed by atoms with van der Waals surface area (Å²) in [6.07, 6.45) is 2.04. The molecule has 1 N–H and O–H groups in total. The van der Waals surface area contributed by atoms with Gasteiger partial charge in [-0.1, -0.05) is 12.1 Å². The minimum atomic E-state index is -0.337. The molecule has 1 atom stereocenters. The molecule has 20 heavy (non-hydrogen) atoms. The minimum absolute atomic E-state index is 0.0208. The van der Waals surface area contributed by atoms with E-state index in [1.54, 1.807) is 17.8 Å². The molecule has 2 rings (SSSR count). The van der Waals surface area contributed by atoms with E-state index >= 15 is 0 Å². The molecule has 0 spiro atoms. The summed E-state index contributed by atoms with van der Waals surface area (Å²) < 4.78 is 18.6. The lowest BCUT2D eigenvalue weighted by Gasteiger charge is -2.17. The second-order valence-corrected chi connectivity index (χ2v) is 5.37. The molecule has 0 aliphatic rings. The van der Waals surface area contributed by atoms with E-state index < -0.39 is 0 Å². The van der Waals surface area contributed by atoms with Crippen molar-refractivity contribution in [3.63, 3.8) is 0 Å². The van der Waals surface area contributed by atoms with E-state index in [0.29, 0.717) is 0 Å². The Hall–Kier alpha value is -1.68. The first-order valence-corrected chi connectivity index (χ1v) is 7.60. The number of methoxy groups -OCH3 is 1. The van der Waals surface area contributed by atoms with Crippen LogP contribution < -0.4 is 10.1 Å². The van der Waals surface area contributed by atoms with Gasteiger partial charge in [0.05, 0.1) is 7.11 Å². The van der Waals surface area contributed by atoms with E-state index in [4.69, 9.17) is 4.74 Å². The fraction of sp³-hybridized carbons (Fsp3) is 0.250. The third-order valence-corrected chi connectivity index (χ3v) is 3.85. The van der Waals surface area contributed by atoms with Gasteiger partial charge in [0.15, 0.2) is 11.6 Å².